The Kier molecular flexibility index (Phi) is 7.54. The predicted molar refractivity (Wildman–Crippen MR) is 135 cm³/mol. The summed E-state index contributed by atoms with van der Waals surface area (Å²) in [6.45, 7) is 4.62. The van der Waals surface area contributed by atoms with Crippen LogP contribution >= 0.6 is 27.7 Å². The van der Waals surface area contributed by atoms with E-state index in [1.165, 1.54) is 23.9 Å². The first-order valence-corrected chi connectivity index (χ1v) is 14.3. The third kappa shape index (κ3) is 5.41. The van der Waals surface area contributed by atoms with Crippen LogP contribution in [-0.4, -0.2) is 55.5 Å². The fourth-order valence-corrected chi connectivity index (χ4v) is 8.45. The normalized spacial score (nSPS) is 22.1. The number of fused-ring (bicyclic) bond motifs is 1. The van der Waals surface area contributed by atoms with E-state index in [0.29, 0.717) is 45.6 Å². The Morgan fingerprint density at radius 2 is 1.79 bits per heavy atom. The number of amides is 1. The van der Waals surface area contributed by atoms with Gasteiger partial charge in [-0.1, -0.05) is 23.9 Å². The number of aliphatic imine (C=N–C) groups is 1. The lowest BCUT2D eigenvalue weighted by molar-refractivity contribution is -0.117. The molecular formula is C23H24BrFN2O5S2. The Labute approximate surface area is 210 Å². The number of anilines is 1. The van der Waals surface area contributed by atoms with Crippen molar-refractivity contribution in [1.29, 1.82) is 0 Å². The standard InChI is InChI=1S/C23H24BrFN2O5S2/c1-3-31-19-10-16(24)17(11-20(19)32-4-2)27-18-12-34(29,30)13-21(18)33-23(27)26-22(28)9-14-5-7-15(25)8-6-14/h5-8,10-11,18,21H,3-4,9,12-13H2,1-2H3. The molecule has 0 saturated carbocycles. The summed E-state index contributed by atoms with van der Waals surface area (Å²) < 4.78 is 50.1. The zero-order valence-electron chi connectivity index (χ0n) is 18.7. The van der Waals surface area contributed by atoms with Crippen molar-refractivity contribution >= 4 is 54.3 Å². The van der Waals surface area contributed by atoms with Gasteiger partial charge in [-0.3, -0.25) is 4.79 Å². The van der Waals surface area contributed by atoms with E-state index in [1.54, 1.807) is 24.3 Å². The lowest BCUT2D eigenvalue weighted by Gasteiger charge is -2.27. The molecule has 0 aromatic heterocycles. The van der Waals surface area contributed by atoms with Crippen LogP contribution in [0.4, 0.5) is 10.1 Å². The summed E-state index contributed by atoms with van der Waals surface area (Å²) in [7, 11) is -3.21. The van der Waals surface area contributed by atoms with Gasteiger partial charge in [-0.25, -0.2) is 12.8 Å². The van der Waals surface area contributed by atoms with Crippen LogP contribution in [0.2, 0.25) is 0 Å². The van der Waals surface area contributed by atoms with Crippen LogP contribution in [0, 0.1) is 5.82 Å². The highest BCUT2D eigenvalue weighted by Crippen LogP contribution is 2.46. The molecular weight excluding hydrogens is 547 g/mol. The summed E-state index contributed by atoms with van der Waals surface area (Å²) in [5, 5.41) is 0.195. The third-order valence-corrected chi connectivity index (χ3v) is 9.27. The summed E-state index contributed by atoms with van der Waals surface area (Å²) in [6, 6.07) is 8.89. The molecule has 7 nitrogen and oxygen atoms in total. The summed E-state index contributed by atoms with van der Waals surface area (Å²) >= 11 is 4.87. The number of carbonyl (C=O) groups is 1. The molecule has 0 aliphatic carbocycles. The fourth-order valence-electron chi connectivity index (χ4n) is 4.01. The Morgan fingerprint density at radius 3 is 2.44 bits per heavy atom. The Hall–Kier alpha value is -2.11. The molecule has 11 heteroatoms. The molecule has 0 bridgehead atoms. The quantitative estimate of drug-likeness (QED) is 0.492. The number of carbonyl (C=O) groups excluding carboxylic acids is 1. The molecule has 34 heavy (non-hydrogen) atoms. The van der Waals surface area contributed by atoms with Crippen molar-refractivity contribution in [2.24, 2.45) is 4.99 Å². The lowest BCUT2D eigenvalue weighted by Crippen LogP contribution is -2.38. The number of sulfone groups is 1. The van der Waals surface area contributed by atoms with Crippen LogP contribution in [-0.2, 0) is 21.1 Å². The highest BCUT2D eigenvalue weighted by Gasteiger charge is 2.50. The minimum Gasteiger partial charge on any atom is -0.490 e. The number of halogens is 2. The minimum absolute atomic E-state index is 0.0143. The molecule has 0 spiro atoms. The maximum atomic E-state index is 13.2. The van der Waals surface area contributed by atoms with Gasteiger partial charge in [0.05, 0.1) is 42.9 Å². The smallest absolute Gasteiger partial charge is 0.252 e. The van der Waals surface area contributed by atoms with E-state index in [1.807, 2.05) is 18.7 Å². The molecule has 2 saturated heterocycles. The van der Waals surface area contributed by atoms with Crippen molar-refractivity contribution in [2.45, 2.75) is 31.6 Å². The average Bonchev–Trinajstić information content (AvgIpc) is 3.22. The first-order chi connectivity index (χ1) is 16.2. The van der Waals surface area contributed by atoms with Crippen molar-refractivity contribution < 1.29 is 27.1 Å². The number of hydrogen-bond donors (Lipinski definition) is 0. The van der Waals surface area contributed by atoms with E-state index in [-0.39, 0.29) is 35.0 Å². The molecule has 2 aliphatic rings. The SMILES string of the molecule is CCOc1cc(Br)c(N2C(=NC(=O)Cc3ccc(F)cc3)SC3CS(=O)(=O)CC32)cc1OCC. The van der Waals surface area contributed by atoms with E-state index in [0.717, 1.165) is 0 Å². The van der Waals surface area contributed by atoms with E-state index in [9.17, 15) is 17.6 Å². The molecule has 2 fully saturated rings. The van der Waals surface area contributed by atoms with E-state index < -0.39 is 15.7 Å². The van der Waals surface area contributed by atoms with Crippen LogP contribution in [0.1, 0.15) is 19.4 Å². The first-order valence-electron chi connectivity index (χ1n) is 10.8. The van der Waals surface area contributed by atoms with Gasteiger partial charge in [-0.2, -0.15) is 4.99 Å². The molecule has 2 aromatic carbocycles. The Bertz CT molecular complexity index is 1220. The maximum absolute atomic E-state index is 13.2. The molecule has 2 aromatic rings. The number of hydrogen-bond acceptors (Lipinski definition) is 6. The second-order valence-corrected chi connectivity index (χ2v) is 12.1. The van der Waals surface area contributed by atoms with Gasteiger partial charge < -0.3 is 14.4 Å². The Morgan fingerprint density at radius 1 is 1.15 bits per heavy atom. The molecule has 2 unspecified atom stereocenters. The van der Waals surface area contributed by atoms with Gasteiger partial charge in [0, 0.05) is 21.9 Å². The zero-order valence-corrected chi connectivity index (χ0v) is 21.9. The summed E-state index contributed by atoms with van der Waals surface area (Å²) in [5.74, 6) is 0.312. The average molecular weight is 571 g/mol. The van der Waals surface area contributed by atoms with Crippen LogP contribution < -0.4 is 14.4 Å². The molecule has 182 valence electrons. The van der Waals surface area contributed by atoms with Gasteiger partial charge in [0.15, 0.2) is 26.5 Å². The van der Waals surface area contributed by atoms with E-state index in [2.05, 4.69) is 20.9 Å². The van der Waals surface area contributed by atoms with Crippen LogP contribution in [0.25, 0.3) is 0 Å². The second kappa shape index (κ2) is 10.2. The van der Waals surface area contributed by atoms with Gasteiger partial charge in [0.2, 0.25) is 0 Å². The molecule has 1 amide bonds. The Balaban J connectivity index is 1.71. The highest BCUT2D eigenvalue weighted by atomic mass is 79.9. The molecule has 0 N–H and O–H groups in total. The fraction of sp³-hybridized carbons (Fsp3) is 0.391. The number of thioether (sulfide) groups is 1. The third-order valence-electron chi connectivity index (χ3n) is 5.43. The first kappa shape index (κ1) is 25.0. The monoisotopic (exact) mass is 570 g/mol. The van der Waals surface area contributed by atoms with Crippen LogP contribution in [0.15, 0.2) is 45.9 Å². The zero-order chi connectivity index (χ0) is 24.5. The number of amidine groups is 1. The number of benzene rings is 2. The van der Waals surface area contributed by atoms with Gasteiger partial charge in [0.25, 0.3) is 5.91 Å². The van der Waals surface area contributed by atoms with Crippen LogP contribution in [0.5, 0.6) is 11.5 Å². The maximum Gasteiger partial charge on any atom is 0.252 e. The van der Waals surface area contributed by atoms with E-state index >= 15 is 0 Å². The molecule has 2 atom stereocenters. The van der Waals surface area contributed by atoms with Crippen molar-refractivity contribution in [3.63, 3.8) is 0 Å². The second-order valence-electron chi connectivity index (χ2n) is 7.88. The van der Waals surface area contributed by atoms with Gasteiger partial charge in [0.1, 0.15) is 5.82 Å². The summed E-state index contributed by atoms with van der Waals surface area (Å²) in [5.41, 5.74) is 1.30. The van der Waals surface area contributed by atoms with Gasteiger partial charge in [-0.15, -0.1) is 0 Å². The van der Waals surface area contributed by atoms with Crippen molar-refractivity contribution in [3.8, 4) is 11.5 Å². The topological polar surface area (TPSA) is 85.3 Å². The number of rotatable bonds is 7. The molecule has 2 aliphatic heterocycles. The highest BCUT2D eigenvalue weighted by molar-refractivity contribution is 9.10. The molecule has 2 heterocycles. The van der Waals surface area contributed by atoms with Crippen molar-refractivity contribution in [1.82, 2.24) is 0 Å². The number of ether oxygens (including phenoxy) is 2. The van der Waals surface area contributed by atoms with Crippen molar-refractivity contribution in [2.75, 3.05) is 29.6 Å². The predicted octanol–water partition coefficient (Wildman–Crippen LogP) is 4.23. The van der Waals surface area contributed by atoms with Crippen LogP contribution in [0.3, 0.4) is 0 Å². The largest absolute Gasteiger partial charge is 0.490 e. The van der Waals surface area contributed by atoms with Crippen molar-refractivity contribution in [3.05, 3.63) is 52.3 Å². The van der Waals surface area contributed by atoms with E-state index in [4.69, 9.17) is 9.47 Å². The van der Waals surface area contributed by atoms with Gasteiger partial charge in [-0.05, 0) is 47.5 Å². The summed E-state index contributed by atoms with van der Waals surface area (Å²) in [6.07, 6.45) is 0.0143. The molecule has 4 rings (SSSR count). The number of nitrogens with zero attached hydrogens (tertiary/aromatic N) is 2. The van der Waals surface area contributed by atoms with Gasteiger partial charge >= 0.3 is 0 Å². The molecule has 0 radical (unpaired) electrons. The minimum atomic E-state index is -3.21. The lowest BCUT2D eigenvalue weighted by atomic mass is 10.1. The summed E-state index contributed by atoms with van der Waals surface area (Å²) in [4.78, 5) is 18.9.